The number of hydrogen-bond donors (Lipinski definition) is 2. The molecule has 0 aliphatic rings. The molecule has 0 unspecified atom stereocenters. The van der Waals surface area contributed by atoms with E-state index in [1.54, 1.807) is 18.2 Å². The summed E-state index contributed by atoms with van der Waals surface area (Å²) >= 11 is 17.6. The van der Waals surface area contributed by atoms with E-state index in [4.69, 9.17) is 35.4 Å². The van der Waals surface area contributed by atoms with Crippen molar-refractivity contribution in [2.75, 3.05) is 6.54 Å². The Kier molecular flexibility index (Phi) is 6.46. The van der Waals surface area contributed by atoms with Gasteiger partial charge in [0.25, 0.3) is 0 Å². The first kappa shape index (κ1) is 17.8. The summed E-state index contributed by atoms with van der Waals surface area (Å²) in [7, 11) is 0. The fourth-order valence-electron chi connectivity index (χ4n) is 2.14. The van der Waals surface area contributed by atoms with Gasteiger partial charge >= 0.3 is 0 Å². The van der Waals surface area contributed by atoms with Crippen LogP contribution < -0.4 is 5.32 Å². The van der Waals surface area contributed by atoms with Crippen molar-refractivity contribution in [3.05, 3.63) is 69.7 Å². The van der Waals surface area contributed by atoms with E-state index in [1.807, 2.05) is 30.3 Å². The number of thiocarbonyl (C=S) groups is 1. The third-order valence-corrected chi connectivity index (χ3v) is 3.98. The van der Waals surface area contributed by atoms with Gasteiger partial charge in [0.2, 0.25) is 0 Å². The Hall–Kier alpha value is -1.55. The summed E-state index contributed by atoms with van der Waals surface area (Å²) in [6.07, 6.45) is 0.936. The second kappa shape index (κ2) is 8.34. The molecule has 0 aliphatic carbocycles. The average molecular weight is 366 g/mol. The first-order valence-electron chi connectivity index (χ1n) is 7.26. The van der Waals surface area contributed by atoms with Crippen molar-refractivity contribution in [3.8, 4) is 0 Å². The van der Waals surface area contributed by atoms with E-state index in [-0.39, 0.29) is 5.76 Å². The Morgan fingerprint density at radius 2 is 1.65 bits per heavy atom. The van der Waals surface area contributed by atoms with Gasteiger partial charge in [-0.25, -0.2) is 0 Å². The average Bonchev–Trinajstić information content (AvgIpc) is 2.53. The summed E-state index contributed by atoms with van der Waals surface area (Å²) in [6, 6.07) is 14.5. The third-order valence-electron chi connectivity index (χ3n) is 3.20. The zero-order valence-electron chi connectivity index (χ0n) is 12.6. The molecule has 2 N–H and O–H groups in total. The molecule has 0 fully saturated rings. The maximum atomic E-state index is 10.8. The molecule has 23 heavy (non-hydrogen) atoms. The van der Waals surface area contributed by atoms with Crippen LogP contribution in [0.15, 0.2) is 48.5 Å². The lowest BCUT2D eigenvalue weighted by molar-refractivity contribution is 0.514. The van der Waals surface area contributed by atoms with Gasteiger partial charge in [-0.2, -0.15) is 0 Å². The molecule has 2 aromatic rings. The largest absolute Gasteiger partial charge is 0.507 e. The van der Waals surface area contributed by atoms with Gasteiger partial charge in [0.1, 0.15) is 10.7 Å². The van der Waals surface area contributed by atoms with Crippen molar-refractivity contribution in [3.63, 3.8) is 0 Å². The molecular weight excluding hydrogens is 349 g/mol. The Morgan fingerprint density at radius 3 is 2.22 bits per heavy atom. The van der Waals surface area contributed by atoms with Crippen LogP contribution in [0.2, 0.25) is 10.0 Å². The van der Waals surface area contributed by atoms with E-state index < -0.39 is 0 Å². The molecule has 0 bridgehead atoms. The van der Waals surface area contributed by atoms with Crippen molar-refractivity contribution in [2.24, 2.45) is 0 Å². The number of benzene rings is 2. The van der Waals surface area contributed by atoms with E-state index in [0.29, 0.717) is 26.2 Å². The molecule has 0 amide bonds. The van der Waals surface area contributed by atoms with Crippen molar-refractivity contribution < 1.29 is 5.11 Å². The second-order valence-electron chi connectivity index (χ2n) is 5.00. The number of aliphatic hydroxyl groups excluding tert-OH is 1. The minimum Gasteiger partial charge on any atom is -0.507 e. The number of halogens is 2. The lowest BCUT2D eigenvalue weighted by atomic mass is 10.0. The van der Waals surface area contributed by atoms with E-state index in [9.17, 15) is 5.11 Å². The Balaban J connectivity index is 2.56. The highest BCUT2D eigenvalue weighted by Gasteiger charge is 2.16. The fourth-order valence-corrected chi connectivity index (χ4v) is 2.98. The smallest absolute Gasteiger partial charge is 0.133 e. The fraction of sp³-hybridized carbons (Fsp3) is 0.167. The zero-order chi connectivity index (χ0) is 16.8. The van der Waals surface area contributed by atoms with Gasteiger partial charge < -0.3 is 10.4 Å². The Morgan fingerprint density at radius 1 is 1.04 bits per heavy atom. The molecule has 2 rings (SSSR count). The minimum atomic E-state index is 0.0502. The maximum Gasteiger partial charge on any atom is 0.133 e. The van der Waals surface area contributed by atoms with Crippen LogP contribution >= 0.6 is 35.4 Å². The van der Waals surface area contributed by atoms with Crippen LogP contribution in [0.25, 0.3) is 11.3 Å². The van der Waals surface area contributed by atoms with Crippen molar-refractivity contribution in [1.82, 2.24) is 5.32 Å². The molecule has 0 spiro atoms. The number of nitrogens with one attached hydrogen (secondary N) is 1. The van der Waals surface area contributed by atoms with Crippen LogP contribution in [0.4, 0.5) is 0 Å². The first-order chi connectivity index (χ1) is 11.0. The van der Waals surface area contributed by atoms with Crippen LogP contribution in [0.5, 0.6) is 0 Å². The van der Waals surface area contributed by atoms with Crippen LogP contribution in [0.3, 0.4) is 0 Å². The highest BCUT2D eigenvalue weighted by molar-refractivity contribution is 7.81. The highest BCUT2D eigenvalue weighted by atomic mass is 35.5. The van der Waals surface area contributed by atoms with Gasteiger partial charge in [-0.3, -0.25) is 0 Å². The molecule has 0 heterocycles. The summed E-state index contributed by atoms with van der Waals surface area (Å²) in [5.74, 6) is 0.0502. The quantitative estimate of drug-likeness (QED) is 0.306. The van der Waals surface area contributed by atoms with Crippen LogP contribution in [0, 0.1) is 0 Å². The summed E-state index contributed by atoms with van der Waals surface area (Å²) in [5, 5.41) is 14.9. The Bertz CT molecular complexity index is 709. The van der Waals surface area contributed by atoms with Gasteiger partial charge in [0.05, 0.1) is 5.57 Å². The predicted molar refractivity (Wildman–Crippen MR) is 103 cm³/mol. The lowest BCUT2D eigenvalue weighted by Gasteiger charge is -2.15. The SMILES string of the molecule is CCCNC(=S)/C(=C(\O)c1cc(Cl)cc(Cl)c1)c1ccccc1. The molecule has 0 aliphatic heterocycles. The molecule has 120 valence electrons. The molecule has 0 aromatic heterocycles. The summed E-state index contributed by atoms with van der Waals surface area (Å²) in [5.41, 5.74) is 1.92. The highest BCUT2D eigenvalue weighted by Crippen LogP contribution is 2.29. The van der Waals surface area contributed by atoms with Crippen molar-refractivity contribution >= 4 is 51.7 Å². The molecule has 0 saturated carbocycles. The number of rotatable bonds is 5. The summed E-state index contributed by atoms with van der Waals surface area (Å²) < 4.78 is 0. The van der Waals surface area contributed by atoms with Gasteiger partial charge in [-0.1, -0.05) is 72.7 Å². The molecule has 0 radical (unpaired) electrons. The van der Waals surface area contributed by atoms with E-state index in [0.717, 1.165) is 18.5 Å². The number of hydrogen-bond acceptors (Lipinski definition) is 2. The Labute approximate surface area is 151 Å². The zero-order valence-corrected chi connectivity index (χ0v) is 15.0. The van der Waals surface area contributed by atoms with E-state index >= 15 is 0 Å². The molecule has 2 aromatic carbocycles. The molecule has 0 atom stereocenters. The monoisotopic (exact) mass is 365 g/mol. The van der Waals surface area contributed by atoms with Crippen LogP contribution in [0.1, 0.15) is 24.5 Å². The predicted octanol–water partition coefficient (Wildman–Crippen LogP) is 5.75. The van der Waals surface area contributed by atoms with Crippen molar-refractivity contribution in [1.29, 1.82) is 0 Å². The molecular formula is C18H17Cl2NOS. The third kappa shape index (κ3) is 4.71. The summed E-state index contributed by atoms with van der Waals surface area (Å²) in [6.45, 7) is 2.79. The normalized spacial score (nSPS) is 11.8. The lowest BCUT2D eigenvalue weighted by Crippen LogP contribution is -2.24. The number of aliphatic hydroxyl groups is 1. The minimum absolute atomic E-state index is 0.0502. The van der Waals surface area contributed by atoms with Crippen LogP contribution in [-0.2, 0) is 0 Å². The molecule has 2 nitrogen and oxygen atoms in total. The maximum absolute atomic E-state index is 10.8. The molecule has 0 saturated heterocycles. The van der Waals surface area contributed by atoms with Gasteiger partial charge in [-0.05, 0) is 30.2 Å². The first-order valence-corrected chi connectivity index (χ1v) is 8.42. The topological polar surface area (TPSA) is 32.3 Å². The van der Waals surface area contributed by atoms with E-state index in [1.165, 1.54) is 0 Å². The van der Waals surface area contributed by atoms with E-state index in [2.05, 4.69) is 12.2 Å². The molecule has 5 heteroatoms. The van der Waals surface area contributed by atoms with Gasteiger partial charge in [0, 0.05) is 22.2 Å². The van der Waals surface area contributed by atoms with Crippen LogP contribution in [-0.4, -0.2) is 16.6 Å². The van der Waals surface area contributed by atoms with Gasteiger partial charge in [0.15, 0.2) is 0 Å². The second-order valence-corrected chi connectivity index (χ2v) is 6.28. The van der Waals surface area contributed by atoms with Gasteiger partial charge in [-0.15, -0.1) is 0 Å². The standard InChI is InChI=1S/C18H17Cl2NOS/c1-2-8-21-18(23)16(12-6-4-3-5-7-12)17(22)13-9-14(19)11-15(20)10-13/h3-7,9-11,22H,2,8H2,1H3,(H,21,23)/b17-16-. The van der Waals surface area contributed by atoms with Crippen molar-refractivity contribution in [2.45, 2.75) is 13.3 Å². The summed E-state index contributed by atoms with van der Waals surface area (Å²) in [4.78, 5) is 0.492.